The molecule has 6 heteroatoms. The van der Waals surface area contributed by atoms with Gasteiger partial charge in [-0.05, 0) is 31.2 Å². The summed E-state index contributed by atoms with van der Waals surface area (Å²) >= 11 is 0. The van der Waals surface area contributed by atoms with E-state index in [0.29, 0.717) is 17.2 Å². The molecular formula is C20H34IN3OS. The summed E-state index contributed by atoms with van der Waals surface area (Å²) in [5, 5.41) is 7.37. The van der Waals surface area contributed by atoms with Crippen molar-refractivity contribution in [3.63, 3.8) is 0 Å². The Morgan fingerprint density at radius 3 is 2.62 bits per heavy atom. The fourth-order valence-corrected chi connectivity index (χ4v) is 4.93. The van der Waals surface area contributed by atoms with Crippen LogP contribution >= 0.6 is 24.0 Å². The molecule has 1 aliphatic carbocycles. The third-order valence-corrected chi connectivity index (χ3v) is 6.87. The number of benzene rings is 1. The molecule has 0 spiro atoms. The second-order valence-electron chi connectivity index (χ2n) is 6.77. The molecule has 0 radical (unpaired) electrons. The number of hydrogen-bond acceptors (Lipinski definition) is 2. The van der Waals surface area contributed by atoms with Crippen LogP contribution in [0.25, 0.3) is 0 Å². The van der Waals surface area contributed by atoms with E-state index in [2.05, 4.69) is 52.9 Å². The predicted octanol–water partition coefficient (Wildman–Crippen LogP) is 4.04. The van der Waals surface area contributed by atoms with Gasteiger partial charge in [0.2, 0.25) is 0 Å². The number of rotatable bonds is 7. The zero-order chi connectivity index (χ0) is 18.1. The van der Waals surface area contributed by atoms with E-state index < -0.39 is 10.8 Å². The van der Waals surface area contributed by atoms with Gasteiger partial charge in [0.1, 0.15) is 0 Å². The number of nitrogens with zero attached hydrogens (tertiary/aromatic N) is 1. The van der Waals surface area contributed by atoms with Crippen molar-refractivity contribution >= 4 is 40.7 Å². The Bertz CT molecular complexity index is 567. The average Bonchev–Trinajstić information content (AvgIpc) is 2.67. The van der Waals surface area contributed by atoms with Gasteiger partial charge in [0.15, 0.2) is 5.96 Å². The standard InChI is InChI=1S/C20H33N3OS.HI/c1-4-16(17-10-7-6-8-11-17)15-22-20(21-3)23-18-12-9-13-19(14-18)25(24)5-2;/h6-8,10-11,16,18-19H,4-5,9,12-15H2,1-3H3,(H2,21,22,23);1H. The Labute approximate surface area is 178 Å². The van der Waals surface area contributed by atoms with Crippen molar-refractivity contribution in [3.05, 3.63) is 35.9 Å². The van der Waals surface area contributed by atoms with E-state index in [1.807, 2.05) is 14.0 Å². The number of halogens is 1. The van der Waals surface area contributed by atoms with Crippen LogP contribution in [0.4, 0.5) is 0 Å². The van der Waals surface area contributed by atoms with Gasteiger partial charge in [-0.3, -0.25) is 9.20 Å². The third-order valence-electron chi connectivity index (χ3n) is 5.13. The highest BCUT2D eigenvalue weighted by atomic mass is 127. The van der Waals surface area contributed by atoms with Crippen molar-refractivity contribution in [3.8, 4) is 0 Å². The first-order valence-electron chi connectivity index (χ1n) is 9.57. The molecular weight excluding hydrogens is 457 g/mol. The molecule has 4 atom stereocenters. The van der Waals surface area contributed by atoms with E-state index in [0.717, 1.165) is 50.4 Å². The summed E-state index contributed by atoms with van der Waals surface area (Å²) in [7, 11) is 1.13. The van der Waals surface area contributed by atoms with Crippen LogP contribution < -0.4 is 10.6 Å². The Hall–Kier alpha value is -0.630. The molecule has 148 valence electrons. The summed E-state index contributed by atoms with van der Waals surface area (Å²) < 4.78 is 12.1. The van der Waals surface area contributed by atoms with Crippen LogP contribution in [0.2, 0.25) is 0 Å². The van der Waals surface area contributed by atoms with Crippen molar-refractivity contribution in [2.75, 3.05) is 19.3 Å². The molecule has 1 aromatic carbocycles. The molecule has 4 nitrogen and oxygen atoms in total. The van der Waals surface area contributed by atoms with Gasteiger partial charge in [-0.25, -0.2) is 0 Å². The van der Waals surface area contributed by atoms with E-state index in [1.165, 1.54) is 5.56 Å². The summed E-state index contributed by atoms with van der Waals surface area (Å²) in [6.45, 7) is 5.11. The summed E-state index contributed by atoms with van der Waals surface area (Å²) in [4.78, 5) is 4.39. The van der Waals surface area contributed by atoms with Gasteiger partial charge < -0.3 is 10.6 Å². The quantitative estimate of drug-likeness (QED) is 0.344. The molecule has 0 heterocycles. The molecule has 2 rings (SSSR count). The minimum Gasteiger partial charge on any atom is -0.356 e. The summed E-state index contributed by atoms with van der Waals surface area (Å²) in [5.74, 6) is 2.10. The van der Waals surface area contributed by atoms with Gasteiger partial charge in [-0.15, -0.1) is 24.0 Å². The highest BCUT2D eigenvalue weighted by molar-refractivity contribution is 14.0. The van der Waals surface area contributed by atoms with E-state index in [1.54, 1.807) is 0 Å². The molecule has 0 bridgehead atoms. The molecule has 0 amide bonds. The van der Waals surface area contributed by atoms with Crippen LogP contribution in [-0.4, -0.2) is 40.8 Å². The van der Waals surface area contributed by atoms with Gasteiger partial charge in [-0.1, -0.05) is 50.6 Å². The zero-order valence-corrected chi connectivity index (χ0v) is 19.4. The van der Waals surface area contributed by atoms with Crippen LogP contribution in [0, 0.1) is 0 Å². The average molecular weight is 491 g/mol. The maximum atomic E-state index is 12.1. The topological polar surface area (TPSA) is 53.5 Å². The molecule has 0 saturated heterocycles. The Morgan fingerprint density at radius 2 is 2.00 bits per heavy atom. The lowest BCUT2D eigenvalue weighted by Gasteiger charge is -2.30. The van der Waals surface area contributed by atoms with Crippen LogP contribution in [-0.2, 0) is 10.8 Å². The molecule has 1 aromatic rings. The Kier molecular flexibility index (Phi) is 11.4. The van der Waals surface area contributed by atoms with E-state index in [-0.39, 0.29) is 24.0 Å². The highest BCUT2D eigenvalue weighted by Gasteiger charge is 2.26. The molecule has 0 aliphatic heterocycles. The van der Waals surface area contributed by atoms with Crippen LogP contribution in [0.1, 0.15) is 57.4 Å². The van der Waals surface area contributed by atoms with Gasteiger partial charge in [0.25, 0.3) is 0 Å². The summed E-state index contributed by atoms with van der Waals surface area (Å²) in [6, 6.07) is 11.0. The normalized spacial score (nSPS) is 22.8. The van der Waals surface area contributed by atoms with Gasteiger partial charge in [-0.2, -0.15) is 0 Å². The first kappa shape index (κ1) is 23.4. The first-order chi connectivity index (χ1) is 12.2. The number of guanidine groups is 1. The number of nitrogens with one attached hydrogen (secondary N) is 2. The maximum Gasteiger partial charge on any atom is 0.191 e. The first-order valence-corrected chi connectivity index (χ1v) is 10.9. The molecule has 26 heavy (non-hydrogen) atoms. The van der Waals surface area contributed by atoms with Crippen molar-refractivity contribution in [1.82, 2.24) is 10.6 Å². The van der Waals surface area contributed by atoms with Crippen molar-refractivity contribution in [2.24, 2.45) is 4.99 Å². The maximum absolute atomic E-state index is 12.1. The van der Waals surface area contributed by atoms with E-state index in [9.17, 15) is 4.21 Å². The van der Waals surface area contributed by atoms with Crippen molar-refractivity contribution < 1.29 is 4.21 Å². The highest BCUT2D eigenvalue weighted by Crippen LogP contribution is 2.23. The largest absolute Gasteiger partial charge is 0.356 e. The van der Waals surface area contributed by atoms with Crippen molar-refractivity contribution in [1.29, 1.82) is 0 Å². The number of hydrogen-bond donors (Lipinski definition) is 2. The van der Waals surface area contributed by atoms with E-state index >= 15 is 0 Å². The fourth-order valence-electron chi connectivity index (χ4n) is 3.58. The minimum absolute atomic E-state index is 0. The van der Waals surface area contributed by atoms with Crippen LogP contribution in [0.3, 0.4) is 0 Å². The molecule has 1 saturated carbocycles. The lowest BCUT2D eigenvalue weighted by Crippen LogP contribution is -2.47. The molecule has 1 fully saturated rings. The predicted molar refractivity (Wildman–Crippen MR) is 124 cm³/mol. The summed E-state index contributed by atoms with van der Waals surface area (Å²) in [6.07, 6.45) is 5.45. The lowest BCUT2D eigenvalue weighted by molar-refractivity contribution is 0.413. The molecule has 2 N–H and O–H groups in total. The van der Waals surface area contributed by atoms with Crippen LogP contribution in [0.5, 0.6) is 0 Å². The third kappa shape index (κ3) is 7.18. The van der Waals surface area contributed by atoms with E-state index in [4.69, 9.17) is 0 Å². The van der Waals surface area contributed by atoms with Crippen LogP contribution in [0.15, 0.2) is 35.3 Å². The minimum atomic E-state index is -0.689. The fraction of sp³-hybridized carbons (Fsp3) is 0.650. The Balaban J connectivity index is 0.00000338. The SMILES string of the molecule is CCC(CNC(=NC)NC1CCCC(S(=O)CC)C1)c1ccccc1.I. The van der Waals surface area contributed by atoms with Crippen molar-refractivity contribution in [2.45, 2.75) is 63.2 Å². The van der Waals surface area contributed by atoms with Gasteiger partial charge >= 0.3 is 0 Å². The smallest absolute Gasteiger partial charge is 0.191 e. The molecule has 4 unspecified atom stereocenters. The molecule has 0 aromatic heterocycles. The lowest BCUT2D eigenvalue weighted by atomic mass is 9.95. The van der Waals surface area contributed by atoms with Gasteiger partial charge in [0.05, 0.1) is 0 Å². The zero-order valence-electron chi connectivity index (χ0n) is 16.2. The molecule has 1 aliphatic rings. The second-order valence-corrected chi connectivity index (χ2v) is 8.77. The van der Waals surface area contributed by atoms with Gasteiger partial charge in [0, 0.05) is 47.4 Å². The number of aliphatic imine (C=N–C) groups is 1. The summed E-state index contributed by atoms with van der Waals surface area (Å²) in [5.41, 5.74) is 1.36. The monoisotopic (exact) mass is 491 g/mol. The Morgan fingerprint density at radius 1 is 1.27 bits per heavy atom. The second kappa shape index (κ2) is 12.7.